The van der Waals surface area contributed by atoms with Crippen molar-refractivity contribution >= 4 is 34.6 Å². The van der Waals surface area contributed by atoms with Crippen LogP contribution in [0, 0.1) is 10.1 Å². The van der Waals surface area contributed by atoms with E-state index in [1.54, 1.807) is 60.9 Å². The summed E-state index contributed by atoms with van der Waals surface area (Å²) in [5.41, 5.74) is 2.11. The third kappa shape index (κ3) is 4.72. The molecule has 0 unspecified atom stereocenters. The highest BCUT2D eigenvalue weighted by Gasteiger charge is 2.24. The molecule has 1 aliphatic rings. The largest absolute Gasteiger partial charge is 0.366 e. The van der Waals surface area contributed by atoms with E-state index in [1.165, 1.54) is 6.07 Å². The Kier molecular flexibility index (Phi) is 6.07. The molecule has 9 heteroatoms. The summed E-state index contributed by atoms with van der Waals surface area (Å²) in [6, 6.07) is 14.3. The summed E-state index contributed by atoms with van der Waals surface area (Å²) in [5.74, 6) is -0.766. The van der Waals surface area contributed by atoms with Crippen molar-refractivity contribution in [3.63, 3.8) is 0 Å². The van der Waals surface area contributed by atoms with Gasteiger partial charge in [0.05, 0.1) is 16.8 Å². The maximum Gasteiger partial charge on any atom is 0.293 e. The predicted molar refractivity (Wildman–Crippen MR) is 121 cm³/mol. The van der Waals surface area contributed by atoms with Crippen LogP contribution in [0.2, 0.25) is 0 Å². The van der Waals surface area contributed by atoms with Crippen LogP contribution in [0.4, 0.5) is 22.7 Å². The Labute approximate surface area is 184 Å². The maximum atomic E-state index is 12.6. The summed E-state index contributed by atoms with van der Waals surface area (Å²) in [4.78, 5) is 42.0. The summed E-state index contributed by atoms with van der Waals surface area (Å²) in [5, 5.41) is 17.0. The third-order valence-electron chi connectivity index (χ3n) is 5.21. The van der Waals surface area contributed by atoms with Crippen molar-refractivity contribution < 1.29 is 14.5 Å². The van der Waals surface area contributed by atoms with Gasteiger partial charge in [-0.1, -0.05) is 0 Å². The number of anilines is 3. The summed E-state index contributed by atoms with van der Waals surface area (Å²) in [7, 11) is 0. The van der Waals surface area contributed by atoms with E-state index in [1.807, 2.05) is 4.90 Å². The topological polar surface area (TPSA) is 117 Å². The van der Waals surface area contributed by atoms with E-state index in [4.69, 9.17) is 0 Å². The summed E-state index contributed by atoms with van der Waals surface area (Å²) < 4.78 is 0. The Morgan fingerprint density at radius 1 is 0.906 bits per heavy atom. The molecule has 1 aliphatic heterocycles. The molecule has 0 bridgehead atoms. The first-order valence-electron chi connectivity index (χ1n) is 10.2. The molecule has 0 atom stereocenters. The molecule has 2 amide bonds. The zero-order chi connectivity index (χ0) is 22.5. The van der Waals surface area contributed by atoms with Crippen molar-refractivity contribution in [1.82, 2.24) is 4.98 Å². The molecule has 0 aliphatic carbocycles. The van der Waals surface area contributed by atoms with Crippen LogP contribution >= 0.6 is 0 Å². The van der Waals surface area contributed by atoms with Gasteiger partial charge in [0.2, 0.25) is 0 Å². The Bertz CT molecular complexity index is 1140. The second-order valence-electron chi connectivity index (χ2n) is 7.38. The molecular weight excluding hydrogens is 410 g/mol. The van der Waals surface area contributed by atoms with E-state index in [2.05, 4.69) is 15.6 Å². The second kappa shape index (κ2) is 9.25. The fourth-order valence-electron chi connectivity index (χ4n) is 3.58. The molecule has 0 radical (unpaired) electrons. The fraction of sp³-hybridized carbons (Fsp3) is 0.174. The van der Waals surface area contributed by atoms with Gasteiger partial charge in [-0.05, 0) is 61.4 Å². The zero-order valence-corrected chi connectivity index (χ0v) is 17.2. The van der Waals surface area contributed by atoms with Crippen LogP contribution in [-0.4, -0.2) is 34.8 Å². The van der Waals surface area contributed by atoms with E-state index in [-0.39, 0.29) is 17.2 Å². The molecule has 3 aromatic rings. The van der Waals surface area contributed by atoms with E-state index in [0.29, 0.717) is 22.6 Å². The number of amides is 2. The first kappa shape index (κ1) is 21.0. The molecule has 2 heterocycles. The molecule has 1 aromatic heterocycles. The van der Waals surface area contributed by atoms with Gasteiger partial charge >= 0.3 is 0 Å². The number of hydrogen-bond acceptors (Lipinski definition) is 6. The quantitative estimate of drug-likeness (QED) is 0.448. The Hall–Kier alpha value is -4.27. The molecule has 32 heavy (non-hydrogen) atoms. The number of aromatic nitrogens is 1. The third-order valence-corrected chi connectivity index (χ3v) is 5.21. The second-order valence-corrected chi connectivity index (χ2v) is 7.38. The minimum Gasteiger partial charge on any atom is -0.366 e. The monoisotopic (exact) mass is 431 g/mol. The van der Waals surface area contributed by atoms with Crippen LogP contribution in [0.25, 0.3) is 0 Å². The number of carbonyl (C=O) groups is 2. The molecular formula is C23H21N5O4. The molecule has 0 spiro atoms. The fourth-order valence-corrected chi connectivity index (χ4v) is 3.58. The Balaban J connectivity index is 1.45. The van der Waals surface area contributed by atoms with Gasteiger partial charge < -0.3 is 15.5 Å². The lowest BCUT2D eigenvalue weighted by molar-refractivity contribution is -0.384. The van der Waals surface area contributed by atoms with Crippen LogP contribution in [0.15, 0.2) is 67.0 Å². The number of rotatable bonds is 6. The number of nitrogens with zero attached hydrogens (tertiary/aromatic N) is 3. The summed E-state index contributed by atoms with van der Waals surface area (Å²) >= 11 is 0. The van der Waals surface area contributed by atoms with Crippen LogP contribution in [0.3, 0.4) is 0 Å². The number of hydrogen-bond donors (Lipinski definition) is 2. The number of nitro groups is 1. The van der Waals surface area contributed by atoms with Gasteiger partial charge in [-0.2, -0.15) is 0 Å². The van der Waals surface area contributed by atoms with Crippen LogP contribution in [0.5, 0.6) is 0 Å². The van der Waals surface area contributed by atoms with Gasteiger partial charge in [0, 0.05) is 42.2 Å². The van der Waals surface area contributed by atoms with Crippen molar-refractivity contribution in [2.75, 3.05) is 28.6 Å². The average Bonchev–Trinajstić information content (AvgIpc) is 3.34. The van der Waals surface area contributed by atoms with Gasteiger partial charge in [-0.15, -0.1) is 0 Å². The number of nitrogens with one attached hydrogen (secondary N) is 2. The van der Waals surface area contributed by atoms with Crippen molar-refractivity contribution in [1.29, 1.82) is 0 Å². The highest BCUT2D eigenvalue weighted by atomic mass is 16.6. The number of benzene rings is 2. The highest BCUT2D eigenvalue weighted by Crippen LogP contribution is 2.32. The number of nitro benzene ring substituents is 1. The minimum absolute atomic E-state index is 0.0815. The van der Waals surface area contributed by atoms with Crippen LogP contribution in [-0.2, 0) is 0 Å². The smallest absolute Gasteiger partial charge is 0.293 e. The molecule has 162 valence electrons. The summed E-state index contributed by atoms with van der Waals surface area (Å²) in [6.07, 6.45) is 5.15. The van der Waals surface area contributed by atoms with Crippen LogP contribution in [0.1, 0.15) is 33.6 Å². The van der Waals surface area contributed by atoms with E-state index in [0.717, 1.165) is 25.9 Å². The average molecular weight is 431 g/mol. The van der Waals surface area contributed by atoms with Crippen molar-refractivity contribution in [3.05, 3.63) is 88.2 Å². The first-order valence-corrected chi connectivity index (χ1v) is 10.2. The van der Waals surface area contributed by atoms with Crippen molar-refractivity contribution in [3.8, 4) is 0 Å². The van der Waals surface area contributed by atoms with Crippen molar-refractivity contribution in [2.24, 2.45) is 0 Å². The van der Waals surface area contributed by atoms with Crippen LogP contribution < -0.4 is 15.5 Å². The lowest BCUT2D eigenvalue weighted by Gasteiger charge is -2.17. The van der Waals surface area contributed by atoms with E-state index < -0.39 is 10.8 Å². The van der Waals surface area contributed by atoms with Crippen molar-refractivity contribution in [2.45, 2.75) is 12.8 Å². The highest BCUT2D eigenvalue weighted by molar-refractivity contribution is 6.06. The van der Waals surface area contributed by atoms with E-state index >= 15 is 0 Å². The maximum absolute atomic E-state index is 12.6. The van der Waals surface area contributed by atoms with Gasteiger partial charge in [-0.25, -0.2) is 0 Å². The zero-order valence-electron chi connectivity index (χ0n) is 17.2. The lowest BCUT2D eigenvalue weighted by atomic mass is 10.1. The normalized spacial score (nSPS) is 12.9. The molecule has 9 nitrogen and oxygen atoms in total. The van der Waals surface area contributed by atoms with Gasteiger partial charge in [0.15, 0.2) is 0 Å². The standard InChI is InChI=1S/C23H21N5O4/c29-22(26-19-4-3-11-24-15-19)16-5-8-18(9-6-16)25-23(30)17-7-10-20(21(14-17)28(31)32)27-12-1-2-13-27/h3-11,14-15H,1-2,12-13H2,(H,25,30)(H,26,29). The molecule has 0 saturated carbocycles. The number of carbonyl (C=O) groups excluding carboxylic acids is 2. The molecule has 1 fully saturated rings. The Morgan fingerprint density at radius 2 is 1.56 bits per heavy atom. The number of pyridine rings is 1. The molecule has 2 aromatic carbocycles. The molecule has 2 N–H and O–H groups in total. The lowest BCUT2D eigenvalue weighted by Crippen LogP contribution is -2.20. The van der Waals surface area contributed by atoms with Gasteiger partial charge in [0.1, 0.15) is 5.69 Å². The SMILES string of the molecule is O=C(Nc1cccnc1)c1ccc(NC(=O)c2ccc(N3CCCC3)c([N+](=O)[O-])c2)cc1. The first-order chi connectivity index (χ1) is 15.5. The molecule has 4 rings (SSSR count). The molecule has 1 saturated heterocycles. The predicted octanol–water partition coefficient (Wildman–Crippen LogP) is 4.09. The van der Waals surface area contributed by atoms with Gasteiger partial charge in [0.25, 0.3) is 17.5 Å². The minimum atomic E-state index is -0.464. The summed E-state index contributed by atoms with van der Waals surface area (Å²) in [6.45, 7) is 1.54. The van der Waals surface area contributed by atoms with Gasteiger partial charge in [-0.3, -0.25) is 24.7 Å². The van der Waals surface area contributed by atoms with E-state index in [9.17, 15) is 19.7 Å². The Morgan fingerprint density at radius 3 is 2.22 bits per heavy atom.